The van der Waals surface area contributed by atoms with E-state index in [9.17, 15) is 9.18 Å². The summed E-state index contributed by atoms with van der Waals surface area (Å²) in [6.07, 6.45) is 0. The average Bonchev–Trinajstić information content (AvgIpc) is 2.15. The molecule has 1 heterocycles. The van der Waals surface area contributed by atoms with E-state index in [1.807, 2.05) is 6.92 Å². The van der Waals surface area contributed by atoms with Crippen molar-refractivity contribution >= 4 is 29.1 Å². The van der Waals surface area contributed by atoms with Gasteiger partial charge in [0.2, 0.25) is 0 Å². The van der Waals surface area contributed by atoms with Crippen LogP contribution in [0.25, 0.3) is 0 Å². The minimum atomic E-state index is -0.451. The molecule has 0 saturated heterocycles. The first-order chi connectivity index (χ1) is 6.59. The number of thioether (sulfide) groups is 1. The van der Waals surface area contributed by atoms with Crippen LogP contribution in [0.4, 0.5) is 4.39 Å². The average molecular weight is 231 g/mol. The molecule has 0 N–H and O–H groups in total. The number of hydrogen-bond donors (Lipinski definition) is 0. The summed E-state index contributed by atoms with van der Waals surface area (Å²) in [6.45, 7) is 1.85. The lowest BCUT2D eigenvalue weighted by Gasteiger charge is -2.19. The van der Waals surface area contributed by atoms with Crippen molar-refractivity contribution in [1.29, 1.82) is 0 Å². The predicted molar refractivity (Wildman–Crippen MR) is 56.5 cm³/mol. The van der Waals surface area contributed by atoms with Gasteiger partial charge in [-0.2, -0.15) is 0 Å². The van der Waals surface area contributed by atoms with E-state index in [2.05, 4.69) is 0 Å². The lowest BCUT2D eigenvalue weighted by molar-refractivity contribution is 0.0991. The van der Waals surface area contributed by atoms with E-state index in [-0.39, 0.29) is 16.1 Å². The SMILES string of the molecule is CC1SCc2cc(F)c(Cl)cc2C1=O. The Labute approximate surface area is 90.6 Å². The van der Waals surface area contributed by atoms with Crippen LogP contribution < -0.4 is 0 Å². The standard InChI is InChI=1S/C10H8ClFOS/c1-5-10(13)7-3-8(11)9(12)2-6(7)4-14-5/h2-3,5H,4H2,1H3. The zero-order valence-corrected chi connectivity index (χ0v) is 9.08. The normalized spacial score (nSPS) is 20.8. The monoisotopic (exact) mass is 230 g/mol. The third-order valence-corrected chi connectivity index (χ3v) is 3.75. The number of benzene rings is 1. The lowest BCUT2D eigenvalue weighted by atomic mass is 10.0. The van der Waals surface area contributed by atoms with E-state index in [1.54, 1.807) is 0 Å². The lowest BCUT2D eigenvalue weighted by Crippen LogP contribution is -2.20. The molecule has 1 nitrogen and oxygen atoms in total. The number of ketones is 1. The Bertz CT molecular complexity index is 405. The first-order valence-corrected chi connectivity index (χ1v) is 5.66. The minimum absolute atomic E-state index is 0.0243. The number of Topliss-reactive ketones (excluding diaryl/α,β-unsaturated/α-hetero) is 1. The molecular formula is C10H8ClFOS. The maximum atomic E-state index is 13.1. The Morgan fingerprint density at radius 3 is 3.00 bits per heavy atom. The highest BCUT2D eigenvalue weighted by atomic mass is 35.5. The highest BCUT2D eigenvalue weighted by molar-refractivity contribution is 8.00. The van der Waals surface area contributed by atoms with Gasteiger partial charge in [0, 0.05) is 11.3 Å². The molecule has 0 amide bonds. The molecule has 0 aliphatic carbocycles. The third kappa shape index (κ3) is 1.55. The zero-order chi connectivity index (χ0) is 10.3. The Morgan fingerprint density at radius 1 is 1.57 bits per heavy atom. The molecule has 1 unspecified atom stereocenters. The molecular weight excluding hydrogens is 223 g/mol. The topological polar surface area (TPSA) is 17.1 Å². The summed E-state index contributed by atoms with van der Waals surface area (Å²) in [5.41, 5.74) is 1.32. The molecule has 1 atom stereocenters. The molecule has 0 aromatic heterocycles. The highest BCUT2D eigenvalue weighted by Crippen LogP contribution is 2.32. The molecule has 4 heteroatoms. The molecule has 1 aromatic rings. The second-order valence-corrected chi connectivity index (χ2v) is 4.98. The molecule has 14 heavy (non-hydrogen) atoms. The number of fused-ring (bicyclic) bond motifs is 1. The van der Waals surface area contributed by atoms with Gasteiger partial charge in [-0.25, -0.2) is 4.39 Å². The molecule has 0 fully saturated rings. The highest BCUT2D eigenvalue weighted by Gasteiger charge is 2.25. The summed E-state index contributed by atoms with van der Waals surface area (Å²) in [5, 5.41) is -0.0276. The molecule has 0 saturated carbocycles. The van der Waals surface area contributed by atoms with Crippen LogP contribution >= 0.6 is 23.4 Å². The summed E-state index contributed by atoms with van der Waals surface area (Å²) in [7, 11) is 0. The van der Waals surface area contributed by atoms with Crippen molar-refractivity contribution in [3.63, 3.8) is 0 Å². The summed E-state index contributed by atoms with van der Waals surface area (Å²) in [5.74, 6) is 0.266. The Kier molecular flexibility index (Phi) is 2.54. The summed E-state index contributed by atoms with van der Waals surface area (Å²) in [6, 6.07) is 2.79. The summed E-state index contributed by atoms with van der Waals surface area (Å²) >= 11 is 7.15. The van der Waals surface area contributed by atoms with Gasteiger partial charge in [0.25, 0.3) is 0 Å². The van der Waals surface area contributed by atoms with Gasteiger partial charge in [0.05, 0.1) is 10.3 Å². The van der Waals surface area contributed by atoms with Crippen LogP contribution in [0.1, 0.15) is 22.8 Å². The second-order valence-electron chi connectivity index (χ2n) is 3.24. The Balaban J connectivity index is 2.56. The van der Waals surface area contributed by atoms with Crippen LogP contribution in [0, 0.1) is 5.82 Å². The zero-order valence-electron chi connectivity index (χ0n) is 7.51. The van der Waals surface area contributed by atoms with E-state index in [4.69, 9.17) is 11.6 Å². The van der Waals surface area contributed by atoms with Crippen LogP contribution in [0.5, 0.6) is 0 Å². The van der Waals surface area contributed by atoms with Crippen LogP contribution in [-0.2, 0) is 5.75 Å². The van der Waals surface area contributed by atoms with Crippen molar-refractivity contribution in [3.05, 3.63) is 34.1 Å². The summed E-state index contributed by atoms with van der Waals surface area (Å²) < 4.78 is 13.1. The van der Waals surface area contributed by atoms with E-state index in [0.29, 0.717) is 11.3 Å². The van der Waals surface area contributed by atoms with Gasteiger partial charge in [-0.05, 0) is 24.6 Å². The first kappa shape index (κ1) is 9.99. The van der Waals surface area contributed by atoms with Crippen molar-refractivity contribution in [1.82, 2.24) is 0 Å². The Morgan fingerprint density at radius 2 is 2.29 bits per heavy atom. The van der Waals surface area contributed by atoms with Gasteiger partial charge in [-0.1, -0.05) is 11.6 Å². The maximum absolute atomic E-state index is 13.1. The second kappa shape index (κ2) is 3.55. The first-order valence-electron chi connectivity index (χ1n) is 4.23. The van der Waals surface area contributed by atoms with Gasteiger partial charge in [-0.3, -0.25) is 4.79 Å². The minimum Gasteiger partial charge on any atom is -0.293 e. The van der Waals surface area contributed by atoms with Gasteiger partial charge in [0.15, 0.2) is 5.78 Å². The summed E-state index contributed by atoms with van der Waals surface area (Å²) in [4.78, 5) is 11.7. The maximum Gasteiger partial charge on any atom is 0.175 e. The quantitative estimate of drug-likeness (QED) is 0.680. The van der Waals surface area contributed by atoms with Crippen LogP contribution in [-0.4, -0.2) is 11.0 Å². The van der Waals surface area contributed by atoms with E-state index in [1.165, 1.54) is 23.9 Å². The molecule has 1 aliphatic rings. The van der Waals surface area contributed by atoms with Crippen molar-refractivity contribution in [2.24, 2.45) is 0 Å². The van der Waals surface area contributed by atoms with Crippen molar-refractivity contribution in [2.75, 3.05) is 0 Å². The fourth-order valence-corrected chi connectivity index (χ4v) is 2.56. The Hall–Kier alpha value is -0.540. The van der Waals surface area contributed by atoms with Crippen molar-refractivity contribution < 1.29 is 9.18 Å². The molecule has 1 aliphatic heterocycles. The fourth-order valence-electron chi connectivity index (χ4n) is 1.45. The third-order valence-electron chi connectivity index (χ3n) is 2.27. The number of carbonyl (C=O) groups is 1. The van der Waals surface area contributed by atoms with Gasteiger partial charge in [0.1, 0.15) is 5.82 Å². The molecule has 0 radical (unpaired) electrons. The van der Waals surface area contributed by atoms with Gasteiger partial charge in [-0.15, -0.1) is 11.8 Å². The van der Waals surface area contributed by atoms with Gasteiger partial charge < -0.3 is 0 Å². The fraction of sp³-hybridized carbons (Fsp3) is 0.300. The molecule has 0 spiro atoms. The van der Waals surface area contributed by atoms with Gasteiger partial charge >= 0.3 is 0 Å². The molecule has 1 aromatic carbocycles. The number of hydrogen-bond acceptors (Lipinski definition) is 2. The van der Waals surface area contributed by atoms with Crippen molar-refractivity contribution in [2.45, 2.75) is 17.9 Å². The van der Waals surface area contributed by atoms with E-state index < -0.39 is 5.82 Å². The van der Waals surface area contributed by atoms with E-state index in [0.717, 1.165) is 5.56 Å². The number of halogens is 2. The number of carbonyl (C=O) groups excluding carboxylic acids is 1. The molecule has 0 bridgehead atoms. The van der Waals surface area contributed by atoms with Crippen LogP contribution in [0.2, 0.25) is 5.02 Å². The van der Waals surface area contributed by atoms with Crippen molar-refractivity contribution in [3.8, 4) is 0 Å². The molecule has 2 rings (SSSR count). The predicted octanol–water partition coefficient (Wildman–Crippen LogP) is 3.30. The largest absolute Gasteiger partial charge is 0.293 e. The molecule has 74 valence electrons. The van der Waals surface area contributed by atoms with E-state index >= 15 is 0 Å². The number of rotatable bonds is 0. The van der Waals surface area contributed by atoms with Crippen LogP contribution in [0.3, 0.4) is 0 Å². The van der Waals surface area contributed by atoms with Crippen LogP contribution in [0.15, 0.2) is 12.1 Å². The smallest absolute Gasteiger partial charge is 0.175 e.